The summed E-state index contributed by atoms with van der Waals surface area (Å²) in [7, 11) is -2.53. The van der Waals surface area contributed by atoms with Crippen LogP contribution in [0.2, 0.25) is 0 Å². The number of carbonyl (C=O) groups is 1. The van der Waals surface area contributed by atoms with E-state index in [2.05, 4.69) is 14.6 Å². The Morgan fingerprint density at radius 3 is 2.89 bits per heavy atom. The summed E-state index contributed by atoms with van der Waals surface area (Å²) in [6.45, 7) is 1.49. The SMILES string of the molecule is CCC(C#N)S(=O)(=O)Nc1cnn(CC(=O)OC)c1. The van der Waals surface area contributed by atoms with Gasteiger partial charge in [-0.3, -0.25) is 14.2 Å². The van der Waals surface area contributed by atoms with Crippen LogP contribution in [0, 0.1) is 11.3 Å². The van der Waals surface area contributed by atoms with Crippen molar-refractivity contribution in [3.05, 3.63) is 12.4 Å². The molecule has 0 aliphatic rings. The number of rotatable bonds is 6. The van der Waals surface area contributed by atoms with Gasteiger partial charge in [0.05, 0.1) is 25.1 Å². The topological polar surface area (TPSA) is 114 Å². The Labute approximate surface area is 111 Å². The van der Waals surface area contributed by atoms with Crippen LogP contribution in [0.5, 0.6) is 0 Å². The van der Waals surface area contributed by atoms with Crippen molar-refractivity contribution < 1.29 is 17.9 Å². The van der Waals surface area contributed by atoms with E-state index in [1.54, 1.807) is 13.0 Å². The number of sulfonamides is 1. The van der Waals surface area contributed by atoms with Crippen LogP contribution in [-0.4, -0.2) is 36.5 Å². The molecule has 0 aliphatic carbocycles. The minimum Gasteiger partial charge on any atom is -0.468 e. The first-order chi connectivity index (χ1) is 8.92. The maximum atomic E-state index is 11.8. The summed E-state index contributed by atoms with van der Waals surface area (Å²) < 4.78 is 31.5. The highest BCUT2D eigenvalue weighted by molar-refractivity contribution is 7.93. The van der Waals surface area contributed by atoms with Crippen LogP contribution in [-0.2, 0) is 26.1 Å². The number of hydrogen-bond donors (Lipinski definition) is 1. The molecule has 104 valence electrons. The number of nitriles is 1. The quantitative estimate of drug-likeness (QED) is 0.742. The highest BCUT2D eigenvalue weighted by Crippen LogP contribution is 2.12. The second kappa shape index (κ2) is 6.19. The van der Waals surface area contributed by atoms with E-state index in [1.165, 1.54) is 24.2 Å². The molecule has 0 saturated heterocycles. The molecule has 1 heterocycles. The van der Waals surface area contributed by atoms with Crippen molar-refractivity contribution in [3.8, 4) is 6.07 Å². The van der Waals surface area contributed by atoms with Gasteiger partial charge in [-0.05, 0) is 6.42 Å². The van der Waals surface area contributed by atoms with Crippen molar-refractivity contribution in [2.24, 2.45) is 0 Å². The van der Waals surface area contributed by atoms with Gasteiger partial charge in [0, 0.05) is 6.20 Å². The molecule has 8 nitrogen and oxygen atoms in total. The minimum absolute atomic E-state index is 0.117. The van der Waals surface area contributed by atoms with Crippen molar-refractivity contribution in [1.82, 2.24) is 9.78 Å². The highest BCUT2D eigenvalue weighted by atomic mass is 32.2. The molecule has 0 radical (unpaired) electrons. The molecule has 0 spiro atoms. The molecule has 1 aromatic heterocycles. The second-order valence-corrected chi connectivity index (χ2v) is 5.54. The predicted octanol–water partition coefficient (Wildman–Crippen LogP) is 0.1000. The first-order valence-corrected chi connectivity index (χ1v) is 6.98. The minimum atomic E-state index is -3.78. The van der Waals surface area contributed by atoms with Crippen LogP contribution >= 0.6 is 0 Å². The first-order valence-electron chi connectivity index (χ1n) is 5.43. The number of nitrogens with one attached hydrogen (secondary N) is 1. The Bertz CT molecular complexity index is 587. The Kier molecular flexibility index (Phi) is 4.88. The highest BCUT2D eigenvalue weighted by Gasteiger charge is 2.23. The van der Waals surface area contributed by atoms with Crippen LogP contribution in [0.3, 0.4) is 0 Å². The van der Waals surface area contributed by atoms with Gasteiger partial charge in [0.2, 0.25) is 10.0 Å². The molecular weight excluding hydrogens is 272 g/mol. The maximum absolute atomic E-state index is 11.8. The van der Waals surface area contributed by atoms with Crippen molar-refractivity contribution in [2.45, 2.75) is 25.1 Å². The van der Waals surface area contributed by atoms with Crippen LogP contribution in [0.25, 0.3) is 0 Å². The molecule has 9 heteroatoms. The third-order valence-corrected chi connectivity index (χ3v) is 4.01. The van der Waals surface area contributed by atoms with Gasteiger partial charge in [0.15, 0.2) is 5.25 Å². The van der Waals surface area contributed by atoms with Crippen LogP contribution < -0.4 is 4.72 Å². The number of methoxy groups -OCH3 is 1. The number of aromatic nitrogens is 2. The molecule has 1 aromatic rings. The van der Waals surface area contributed by atoms with E-state index >= 15 is 0 Å². The van der Waals surface area contributed by atoms with Crippen molar-refractivity contribution >= 4 is 21.7 Å². The van der Waals surface area contributed by atoms with Crippen LogP contribution in [0.1, 0.15) is 13.3 Å². The third-order valence-electron chi connectivity index (χ3n) is 2.30. The molecule has 0 aliphatic heterocycles. The van der Waals surface area contributed by atoms with Gasteiger partial charge >= 0.3 is 5.97 Å². The Morgan fingerprint density at radius 1 is 1.68 bits per heavy atom. The Morgan fingerprint density at radius 2 is 2.37 bits per heavy atom. The molecule has 0 bridgehead atoms. The molecule has 1 N–H and O–H groups in total. The van der Waals surface area contributed by atoms with Crippen LogP contribution in [0.15, 0.2) is 12.4 Å². The van der Waals surface area contributed by atoms with Gasteiger partial charge in [-0.25, -0.2) is 8.42 Å². The fraction of sp³-hybridized carbons (Fsp3) is 0.500. The maximum Gasteiger partial charge on any atom is 0.327 e. The van der Waals surface area contributed by atoms with Gasteiger partial charge in [-0.15, -0.1) is 0 Å². The predicted molar refractivity (Wildman–Crippen MR) is 66.5 cm³/mol. The molecule has 19 heavy (non-hydrogen) atoms. The normalized spacial score (nSPS) is 12.5. The molecule has 1 atom stereocenters. The number of hydrogen-bond acceptors (Lipinski definition) is 6. The Balaban J connectivity index is 2.79. The summed E-state index contributed by atoms with van der Waals surface area (Å²) in [6, 6.07) is 1.71. The lowest BCUT2D eigenvalue weighted by Crippen LogP contribution is -2.25. The van der Waals surface area contributed by atoms with Crippen molar-refractivity contribution in [2.75, 3.05) is 11.8 Å². The number of anilines is 1. The fourth-order valence-electron chi connectivity index (χ4n) is 1.32. The second-order valence-electron chi connectivity index (χ2n) is 3.68. The van der Waals surface area contributed by atoms with Crippen LogP contribution in [0.4, 0.5) is 5.69 Å². The molecule has 0 fully saturated rings. The molecule has 1 rings (SSSR count). The zero-order chi connectivity index (χ0) is 14.5. The van der Waals surface area contributed by atoms with Crippen molar-refractivity contribution in [1.29, 1.82) is 5.26 Å². The lowest BCUT2D eigenvalue weighted by Gasteiger charge is -2.08. The van der Waals surface area contributed by atoms with E-state index in [4.69, 9.17) is 5.26 Å². The van der Waals surface area contributed by atoms with Crippen molar-refractivity contribution in [3.63, 3.8) is 0 Å². The van der Waals surface area contributed by atoms with Gasteiger partial charge in [0.25, 0.3) is 0 Å². The van der Waals surface area contributed by atoms with E-state index in [9.17, 15) is 13.2 Å². The van der Waals surface area contributed by atoms with E-state index in [0.717, 1.165) is 0 Å². The molecule has 0 aromatic carbocycles. The molecule has 0 saturated carbocycles. The third kappa shape index (κ3) is 3.96. The molecule has 0 amide bonds. The van der Waals surface area contributed by atoms with E-state index in [1.807, 2.05) is 0 Å². The van der Waals surface area contributed by atoms with E-state index in [0.29, 0.717) is 0 Å². The lowest BCUT2D eigenvalue weighted by atomic mass is 10.4. The summed E-state index contributed by atoms with van der Waals surface area (Å²) in [5, 5.41) is 11.4. The largest absolute Gasteiger partial charge is 0.468 e. The number of esters is 1. The Hall–Kier alpha value is -2.08. The zero-order valence-electron chi connectivity index (χ0n) is 10.5. The average Bonchev–Trinajstić information content (AvgIpc) is 2.76. The monoisotopic (exact) mass is 286 g/mol. The van der Waals surface area contributed by atoms with Gasteiger partial charge < -0.3 is 4.74 Å². The number of carbonyl (C=O) groups excluding carboxylic acids is 1. The van der Waals surface area contributed by atoms with E-state index in [-0.39, 0.29) is 18.7 Å². The summed E-state index contributed by atoms with van der Waals surface area (Å²) >= 11 is 0. The van der Waals surface area contributed by atoms with Gasteiger partial charge in [-0.2, -0.15) is 10.4 Å². The van der Waals surface area contributed by atoms with E-state index < -0.39 is 21.2 Å². The summed E-state index contributed by atoms with van der Waals surface area (Å²) in [5.74, 6) is -0.499. The molecular formula is C10H14N4O4S. The summed E-state index contributed by atoms with van der Waals surface area (Å²) in [5.41, 5.74) is 0.192. The lowest BCUT2D eigenvalue weighted by molar-refractivity contribution is -0.141. The average molecular weight is 286 g/mol. The smallest absolute Gasteiger partial charge is 0.327 e. The first kappa shape index (κ1) is 15.0. The summed E-state index contributed by atoms with van der Waals surface area (Å²) in [6.07, 6.45) is 2.78. The zero-order valence-corrected chi connectivity index (χ0v) is 11.3. The molecule has 1 unspecified atom stereocenters. The number of nitrogens with zero attached hydrogens (tertiary/aromatic N) is 3. The van der Waals surface area contributed by atoms with Gasteiger partial charge in [0.1, 0.15) is 6.54 Å². The number of ether oxygens (including phenoxy) is 1. The summed E-state index contributed by atoms with van der Waals surface area (Å²) in [4.78, 5) is 11.0. The fourth-order valence-corrected chi connectivity index (χ4v) is 2.47. The standard InChI is InChI=1S/C10H14N4O4S/c1-3-9(4-11)19(16,17)13-8-5-12-14(6-8)7-10(15)18-2/h5-6,9,13H,3,7H2,1-2H3. The van der Waals surface area contributed by atoms with Gasteiger partial charge in [-0.1, -0.05) is 6.92 Å².